The van der Waals surface area contributed by atoms with Gasteiger partial charge in [0.1, 0.15) is 19.6 Å². The molecule has 2 heteroatoms. The molecule has 0 atom stereocenters. The third-order valence-corrected chi connectivity index (χ3v) is 7.57. The van der Waals surface area contributed by atoms with Crippen LogP contribution in [-0.2, 0) is 19.6 Å². The number of halogens is 1. The summed E-state index contributed by atoms with van der Waals surface area (Å²) in [5.41, 5.74) is 4.34. The maximum absolute atomic E-state index is 2.31. The Balaban J connectivity index is 0.00000481. The zero-order chi connectivity index (χ0) is 25.2. The number of quaternary nitrogens is 1. The van der Waals surface area contributed by atoms with E-state index in [1.165, 1.54) is 100 Å². The van der Waals surface area contributed by atoms with Crippen LogP contribution < -0.4 is 17.0 Å². The van der Waals surface area contributed by atoms with Crippen LogP contribution in [0.1, 0.15) is 101 Å². The van der Waals surface area contributed by atoms with Gasteiger partial charge < -0.3 is 21.5 Å². The molecule has 37 heavy (non-hydrogen) atoms. The zero-order valence-electron chi connectivity index (χ0n) is 23.3. The van der Waals surface area contributed by atoms with Crippen LogP contribution >= 0.6 is 0 Å². The maximum Gasteiger partial charge on any atom is 0.105 e. The van der Waals surface area contributed by atoms with E-state index in [4.69, 9.17) is 0 Å². The van der Waals surface area contributed by atoms with Crippen molar-refractivity contribution in [2.24, 2.45) is 0 Å². The molecule has 0 aliphatic rings. The van der Waals surface area contributed by atoms with E-state index in [0.717, 1.165) is 24.1 Å². The lowest BCUT2D eigenvalue weighted by Crippen LogP contribution is -3.00. The molecule has 0 amide bonds. The second kappa shape index (κ2) is 19.2. The molecule has 0 fully saturated rings. The highest BCUT2D eigenvalue weighted by atomic mass is 79.9. The van der Waals surface area contributed by atoms with Crippen molar-refractivity contribution >= 4 is 0 Å². The van der Waals surface area contributed by atoms with Gasteiger partial charge in [-0.1, -0.05) is 162 Å². The molecule has 0 unspecified atom stereocenters. The lowest BCUT2D eigenvalue weighted by molar-refractivity contribution is -0.966. The number of nitrogens with zero attached hydrogens (tertiary/aromatic N) is 1. The monoisotopic (exact) mass is 563 g/mol. The molecular weight excluding hydrogens is 514 g/mol. The SMILES string of the molecule is CCCCCCCCCCCCCC[N+](Cc1ccccc1)(Cc1ccccc1)Cc1ccccc1.[Br-]. The van der Waals surface area contributed by atoms with E-state index in [9.17, 15) is 0 Å². The first-order chi connectivity index (χ1) is 17.8. The molecule has 3 rings (SSSR count). The summed E-state index contributed by atoms with van der Waals surface area (Å²) >= 11 is 0. The topological polar surface area (TPSA) is 0 Å². The first kappa shape index (κ1) is 31.3. The van der Waals surface area contributed by atoms with Gasteiger partial charge in [0.2, 0.25) is 0 Å². The second-order valence-electron chi connectivity index (χ2n) is 10.9. The lowest BCUT2D eigenvalue weighted by Gasteiger charge is -2.39. The minimum Gasteiger partial charge on any atom is -1.00 e. The van der Waals surface area contributed by atoms with Crippen LogP contribution in [0.2, 0.25) is 0 Å². The van der Waals surface area contributed by atoms with Crippen LogP contribution in [0, 0.1) is 0 Å². The van der Waals surface area contributed by atoms with E-state index in [1.54, 1.807) is 0 Å². The standard InChI is InChI=1S/C35H50N.BrH/c1-2-3-4-5-6-7-8-9-10-11-12-22-29-36(30-33-23-16-13-17-24-33,31-34-25-18-14-19-26-34)32-35-27-20-15-21-28-35;/h13-21,23-28H,2-12,22,29-32H2,1H3;1H/q+1;/p-1. The molecule has 0 heterocycles. The summed E-state index contributed by atoms with van der Waals surface area (Å²) in [5, 5.41) is 0. The first-order valence-electron chi connectivity index (χ1n) is 14.8. The summed E-state index contributed by atoms with van der Waals surface area (Å²) in [6.45, 7) is 6.79. The van der Waals surface area contributed by atoms with Gasteiger partial charge in [0.15, 0.2) is 0 Å². The smallest absolute Gasteiger partial charge is 0.105 e. The number of hydrogen-bond donors (Lipinski definition) is 0. The van der Waals surface area contributed by atoms with Gasteiger partial charge in [0.25, 0.3) is 0 Å². The van der Waals surface area contributed by atoms with Crippen molar-refractivity contribution in [1.29, 1.82) is 0 Å². The van der Waals surface area contributed by atoms with Crippen LogP contribution in [0.3, 0.4) is 0 Å². The molecule has 0 saturated carbocycles. The molecule has 0 spiro atoms. The van der Waals surface area contributed by atoms with E-state index >= 15 is 0 Å². The summed E-state index contributed by atoms with van der Waals surface area (Å²) in [4.78, 5) is 0. The average Bonchev–Trinajstić information content (AvgIpc) is 2.91. The van der Waals surface area contributed by atoms with Crippen molar-refractivity contribution in [3.8, 4) is 0 Å². The molecule has 0 N–H and O–H groups in total. The number of rotatable bonds is 19. The van der Waals surface area contributed by atoms with Crippen LogP contribution in [0.15, 0.2) is 91.0 Å². The minimum absolute atomic E-state index is 0. The Hall–Kier alpha value is -1.90. The fourth-order valence-corrected chi connectivity index (χ4v) is 5.61. The zero-order valence-corrected chi connectivity index (χ0v) is 24.9. The minimum atomic E-state index is 0. The molecule has 0 aliphatic heterocycles. The van der Waals surface area contributed by atoms with Gasteiger partial charge in [-0.15, -0.1) is 0 Å². The fraction of sp³-hybridized carbons (Fsp3) is 0.486. The van der Waals surface area contributed by atoms with Gasteiger partial charge in [-0.3, -0.25) is 0 Å². The van der Waals surface area contributed by atoms with Crippen molar-refractivity contribution in [3.05, 3.63) is 108 Å². The second-order valence-corrected chi connectivity index (χ2v) is 10.9. The van der Waals surface area contributed by atoms with Crippen molar-refractivity contribution in [2.45, 2.75) is 104 Å². The van der Waals surface area contributed by atoms with E-state index in [2.05, 4.69) is 97.9 Å². The third kappa shape index (κ3) is 12.9. The van der Waals surface area contributed by atoms with Crippen molar-refractivity contribution < 1.29 is 21.5 Å². The van der Waals surface area contributed by atoms with E-state index < -0.39 is 0 Å². The Bertz CT molecular complexity index is 808. The maximum atomic E-state index is 2.31. The van der Waals surface area contributed by atoms with E-state index in [-0.39, 0.29) is 17.0 Å². The molecule has 0 aromatic heterocycles. The first-order valence-corrected chi connectivity index (χ1v) is 14.8. The highest BCUT2D eigenvalue weighted by molar-refractivity contribution is 5.17. The summed E-state index contributed by atoms with van der Waals surface area (Å²) < 4.78 is 1.09. The van der Waals surface area contributed by atoms with E-state index in [1.807, 2.05) is 0 Å². The number of benzene rings is 3. The largest absolute Gasteiger partial charge is 1.00 e. The van der Waals surface area contributed by atoms with Gasteiger partial charge in [-0.25, -0.2) is 0 Å². The Kier molecular flexibility index (Phi) is 16.3. The normalized spacial score (nSPS) is 11.3. The summed E-state index contributed by atoms with van der Waals surface area (Å²) in [6.07, 6.45) is 16.8. The van der Waals surface area contributed by atoms with Gasteiger partial charge in [0, 0.05) is 16.7 Å². The Morgan fingerprint density at radius 2 is 0.703 bits per heavy atom. The predicted octanol–water partition coefficient (Wildman–Crippen LogP) is 7.11. The summed E-state index contributed by atoms with van der Waals surface area (Å²) in [6, 6.07) is 33.4. The molecule has 202 valence electrons. The number of unbranched alkanes of at least 4 members (excludes halogenated alkanes) is 11. The van der Waals surface area contributed by atoms with Crippen molar-refractivity contribution in [1.82, 2.24) is 0 Å². The molecule has 0 aliphatic carbocycles. The predicted molar refractivity (Wildman–Crippen MR) is 157 cm³/mol. The molecule has 0 bridgehead atoms. The Labute approximate surface area is 238 Å². The molecule has 1 nitrogen and oxygen atoms in total. The number of hydrogen-bond acceptors (Lipinski definition) is 0. The highest BCUT2D eigenvalue weighted by Crippen LogP contribution is 2.26. The van der Waals surface area contributed by atoms with E-state index in [0.29, 0.717) is 0 Å². The lowest BCUT2D eigenvalue weighted by atomic mass is 10.0. The van der Waals surface area contributed by atoms with Crippen molar-refractivity contribution in [2.75, 3.05) is 6.54 Å². The fourth-order valence-electron chi connectivity index (χ4n) is 5.61. The van der Waals surface area contributed by atoms with Gasteiger partial charge in [-0.2, -0.15) is 0 Å². The quantitative estimate of drug-likeness (QED) is 0.108. The Morgan fingerprint density at radius 1 is 0.405 bits per heavy atom. The molecule has 0 radical (unpaired) electrons. The molecular formula is C35H50BrN. The Morgan fingerprint density at radius 3 is 1.03 bits per heavy atom. The van der Waals surface area contributed by atoms with Crippen LogP contribution in [0.25, 0.3) is 0 Å². The summed E-state index contributed by atoms with van der Waals surface area (Å²) in [7, 11) is 0. The van der Waals surface area contributed by atoms with Crippen molar-refractivity contribution in [3.63, 3.8) is 0 Å². The average molecular weight is 565 g/mol. The van der Waals surface area contributed by atoms with Gasteiger partial charge in [0.05, 0.1) is 6.54 Å². The van der Waals surface area contributed by atoms with Gasteiger partial charge >= 0.3 is 0 Å². The van der Waals surface area contributed by atoms with Crippen LogP contribution in [0.5, 0.6) is 0 Å². The highest BCUT2D eigenvalue weighted by Gasteiger charge is 2.28. The molecule has 0 saturated heterocycles. The summed E-state index contributed by atoms with van der Waals surface area (Å²) in [5.74, 6) is 0. The van der Waals surface area contributed by atoms with Crippen LogP contribution in [0.4, 0.5) is 0 Å². The molecule has 3 aromatic rings. The molecule has 3 aromatic carbocycles. The third-order valence-electron chi connectivity index (χ3n) is 7.57. The van der Waals surface area contributed by atoms with Gasteiger partial charge in [-0.05, 0) is 12.8 Å². The van der Waals surface area contributed by atoms with Crippen LogP contribution in [-0.4, -0.2) is 11.0 Å².